The number of amides is 2. The van der Waals surface area contributed by atoms with Crippen LogP contribution < -0.4 is 10.2 Å². The van der Waals surface area contributed by atoms with Gasteiger partial charge < -0.3 is 10.1 Å². The van der Waals surface area contributed by atoms with Crippen LogP contribution in [0.3, 0.4) is 0 Å². The van der Waals surface area contributed by atoms with Crippen LogP contribution in [0.5, 0.6) is 0 Å². The molecule has 33 heavy (non-hydrogen) atoms. The molecular weight excluding hydrogens is 447 g/mol. The van der Waals surface area contributed by atoms with Gasteiger partial charge in [0.2, 0.25) is 11.1 Å². The van der Waals surface area contributed by atoms with Gasteiger partial charge in [0, 0.05) is 12.5 Å². The lowest BCUT2D eigenvalue weighted by Crippen LogP contribution is -2.33. The minimum Gasteiger partial charge on any atom is -0.442 e. The number of cyclic esters (lactones) is 1. The van der Waals surface area contributed by atoms with Crippen molar-refractivity contribution in [2.75, 3.05) is 23.7 Å². The molecule has 2 heterocycles. The van der Waals surface area contributed by atoms with Gasteiger partial charge in [0.1, 0.15) is 11.9 Å². The number of anilines is 1. The van der Waals surface area contributed by atoms with E-state index in [2.05, 4.69) is 20.8 Å². The maximum atomic E-state index is 14.9. The Kier molecular flexibility index (Phi) is 6.87. The molecule has 1 unspecified atom stereocenters. The number of hydrogen-bond acceptors (Lipinski definition) is 7. The van der Waals surface area contributed by atoms with E-state index in [0.29, 0.717) is 17.8 Å². The van der Waals surface area contributed by atoms with Crippen molar-refractivity contribution in [1.29, 1.82) is 0 Å². The van der Waals surface area contributed by atoms with E-state index in [-0.39, 0.29) is 19.0 Å². The summed E-state index contributed by atoms with van der Waals surface area (Å²) in [7, 11) is 0. The van der Waals surface area contributed by atoms with Crippen LogP contribution in [0, 0.1) is 5.82 Å². The number of nitrogens with one attached hydrogen (secondary N) is 1. The Balaban J connectivity index is 1.45. The first-order valence-corrected chi connectivity index (χ1v) is 11.4. The molecule has 1 saturated heterocycles. The maximum Gasteiger partial charge on any atom is 0.414 e. The molecule has 0 spiro atoms. The third-order valence-electron chi connectivity index (χ3n) is 5.09. The number of halogens is 1. The van der Waals surface area contributed by atoms with Crippen LogP contribution in [0.4, 0.5) is 14.9 Å². The van der Waals surface area contributed by atoms with Crippen molar-refractivity contribution in [2.45, 2.75) is 31.7 Å². The summed E-state index contributed by atoms with van der Waals surface area (Å²) in [4.78, 5) is 24.6. The number of tetrazole rings is 1. The number of nitrogens with zero attached hydrogens (tertiary/aromatic N) is 5. The fourth-order valence-electron chi connectivity index (χ4n) is 3.49. The average Bonchev–Trinajstić information content (AvgIpc) is 3.39. The highest BCUT2D eigenvalue weighted by atomic mass is 32.2. The van der Waals surface area contributed by atoms with Crippen LogP contribution in [0.2, 0.25) is 0 Å². The van der Waals surface area contributed by atoms with Crippen molar-refractivity contribution in [3.8, 4) is 11.1 Å². The van der Waals surface area contributed by atoms with E-state index >= 15 is 0 Å². The van der Waals surface area contributed by atoms with Gasteiger partial charge in [0.25, 0.3) is 0 Å². The van der Waals surface area contributed by atoms with Crippen LogP contribution in [0.1, 0.15) is 19.4 Å². The van der Waals surface area contributed by atoms with Gasteiger partial charge in [-0.2, -0.15) is 0 Å². The fraction of sp³-hybridized carbons (Fsp3) is 0.318. The molecule has 1 aromatic heterocycles. The number of rotatable bonds is 8. The van der Waals surface area contributed by atoms with Crippen LogP contribution in [0.25, 0.3) is 11.1 Å². The smallest absolute Gasteiger partial charge is 0.414 e. The van der Waals surface area contributed by atoms with Gasteiger partial charge >= 0.3 is 6.09 Å². The van der Waals surface area contributed by atoms with Crippen LogP contribution in [-0.2, 0) is 16.1 Å². The molecule has 0 radical (unpaired) electrons. The van der Waals surface area contributed by atoms with Gasteiger partial charge in [-0.15, -0.1) is 5.10 Å². The molecule has 2 aromatic carbocycles. The topological polar surface area (TPSA) is 102 Å². The number of benzene rings is 2. The number of hydrogen-bond donors (Lipinski definition) is 1. The molecule has 0 saturated carbocycles. The molecule has 1 N–H and O–H groups in total. The highest BCUT2D eigenvalue weighted by Gasteiger charge is 2.32. The summed E-state index contributed by atoms with van der Waals surface area (Å²) in [5.41, 5.74) is 2.54. The van der Waals surface area contributed by atoms with E-state index in [4.69, 9.17) is 4.74 Å². The second-order valence-electron chi connectivity index (χ2n) is 7.47. The van der Waals surface area contributed by atoms with Gasteiger partial charge in [-0.1, -0.05) is 43.0 Å². The predicted octanol–water partition coefficient (Wildman–Crippen LogP) is 3.10. The van der Waals surface area contributed by atoms with E-state index in [0.717, 1.165) is 22.0 Å². The van der Waals surface area contributed by atoms with Crippen molar-refractivity contribution in [3.05, 3.63) is 53.8 Å². The van der Waals surface area contributed by atoms with Crippen molar-refractivity contribution in [3.63, 3.8) is 0 Å². The van der Waals surface area contributed by atoms with Crippen molar-refractivity contribution < 1.29 is 18.7 Å². The summed E-state index contributed by atoms with van der Waals surface area (Å²) in [6.07, 6.45) is -1.04. The van der Waals surface area contributed by atoms with E-state index in [9.17, 15) is 14.0 Å². The molecule has 9 nitrogen and oxygen atoms in total. The monoisotopic (exact) mass is 470 g/mol. The third-order valence-corrected chi connectivity index (χ3v) is 5.93. The normalized spacial score (nSPS) is 15.5. The number of thioether (sulfide) groups is 1. The van der Waals surface area contributed by atoms with Crippen LogP contribution in [-0.4, -0.2) is 57.2 Å². The van der Waals surface area contributed by atoms with E-state index in [1.807, 2.05) is 31.2 Å². The Bertz CT molecular complexity index is 1150. The molecule has 11 heteroatoms. The van der Waals surface area contributed by atoms with Crippen molar-refractivity contribution in [1.82, 2.24) is 25.5 Å². The van der Waals surface area contributed by atoms with E-state index < -0.39 is 18.0 Å². The number of carbonyl (C=O) groups excluding carboxylic acids is 2. The first-order valence-electron chi connectivity index (χ1n) is 10.4. The minimum atomic E-state index is -0.565. The van der Waals surface area contributed by atoms with Gasteiger partial charge in [0.15, 0.2) is 0 Å². The van der Waals surface area contributed by atoms with Gasteiger partial charge in [-0.3, -0.25) is 9.69 Å². The summed E-state index contributed by atoms with van der Waals surface area (Å²) in [6, 6.07) is 12.2. The zero-order valence-electron chi connectivity index (χ0n) is 18.2. The zero-order valence-corrected chi connectivity index (χ0v) is 19.0. The zero-order chi connectivity index (χ0) is 23.4. The Morgan fingerprint density at radius 1 is 1.27 bits per heavy atom. The summed E-state index contributed by atoms with van der Waals surface area (Å²) < 4.78 is 21.9. The standard InChI is InChI=1S/C22H23FN6O3S/c1-3-33-21-25-26-27-29(21)12-15-4-6-16(7-5-15)19-9-8-17(10-20(19)23)28-13-18(32-22(28)31)11-24-14(2)30/h4-10,18H,3,11-13H2,1-2H3,(H,24,30). The summed E-state index contributed by atoms with van der Waals surface area (Å²) >= 11 is 1.57. The molecule has 0 bridgehead atoms. The molecule has 1 aliphatic heterocycles. The average molecular weight is 471 g/mol. The highest BCUT2D eigenvalue weighted by molar-refractivity contribution is 7.99. The molecule has 3 aromatic rings. The number of ether oxygens (including phenoxy) is 1. The molecule has 1 aliphatic rings. The summed E-state index contributed by atoms with van der Waals surface area (Å²) in [6.45, 7) is 4.41. The van der Waals surface area contributed by atoms with Crippen LogP contribution in [0.15, 0.2) is 47.6 Å². The molecule has 2 amide bonds. The second-order valence-corrected chi connectivity index (χ2v) is 8.70. The van der Waals surface area contributed by atoms with Gasteiger partial charge in [-0.25, -0.2) is 13.9 Å². The van der Waals surface area contributed by atoms with Gasteiger partial charge in [0.05, 0.1) is 25.3 Å². The van der Waals surface area contributed by atoms with Crippen molar-refractivity contribution in [2.24, 2.45) is 0 Å². The molecule has 1 atom stereocenters. The molecule has 1 fully saturated rings. The van der Waals surface area contributed by atoms with Crippen molar-refractivity contribution >= 4 is 29.4 Å². The van der Waals surface area contributed by atoms with E-state index in [1.165, 1.54) is 17.9 Å². The summed E-state index contributed by atoms with van der Waals surface area (Å²) in [5.74, 6) is 0.226. The lowest BCUT2D eigenvalue weighted by atomic mass is 10.0. The number of aromatic nitrogens is 4. The summed E-state index contributed by atoms with van der Waals surface area (Å²) in [5, 5.41) is 15.1. The molecule has 172 valence electrons. The highest BCUT2D eigenvalue weighted by Crippen LogP contribution is 2.29. The Hall–Kier alpha value is -3.47. The number of carbonyl (C=O) groups is 2. The lowest BCUT2D eigenvalue weighted by Gasteiger charge is -2.15. The lowest BCUT2D eigenvalue weighted by molar-refractivity contribution is -0.119. The first-order chi connectivity index (χ1) is 15.9. The fourth-order valence-corrected chi connectivity index (χ4v) is 4.10. The Morgan fingerprint density at radius 3 is 2.76 bits per heavy atom. The molecular formula is C22H23FN6O3S. The predicted molar refractivity (Wildman–Crippen MR) is 121 cm³/mol. The minimum absolute atomic E-state index is 0.204. The Labute approximate surface area is 194 Å². The quantitative estimate of drug-likeness (QED) is 0.505. The van der Waals surface area contributed by atoms with E-state index in [1.54, 1.807) is 28.6 Å². The maximum absolute atomic E-state index is 14.9. The largest absolute Gasteiger partial charge is 0.442 e. The van der Waals surface area contributed by atoms with Gasteiger partial charge in [-0.05, 0) is 45.5 Å². The second kappa shape index (κ2) is 9.99. The van der Waals surface area contributed by atoms with Crippen LogP contribution >= 0.6 is 11.8 Å². The molecule has 0 aliphatic carbocycles. The third kappa shape index (κ3) is 5.30. The first kappa shape index (κ1) is 22.7. The molecule has 4 rings (SSSR count). The Morgan fingerprint density at radius 2 is 2.06 bits per heavy atom. The SMILES string of the molecule is CCSc1nnnn1Cc1ccc(-c2ccc(N3CC(CNC(C)=O)OC3=O)cc2F)cc1.